The van der Waals surface area contributed by atoms with Gasteiger partial charge in [-0.25, -0.2) is 0 Å². The van der Waals surface area contributed by atoms with Crippen LogP contribution in [-0.4, -0.2) is 19.5 Å². The molecular formula is C20H30O2. The summed E-state index contributed by atoms with van der Waals surface area (Å²) in [7, 11) is 0. The number of ether oxygens (including phenoxy) is 1. The molecule has 0 aromatic heterocycles. The number of benzene rings is 1. The molecule has 22 heavy (non-hydrogen) atoms. The first-order valence-electron chi connectivity index (χ1n) is 8.54. The lowest BCUT2D eigenvalue weighted by atomic mass is 9.86. The fourth-order valence-electron chi connectivity index (χ4n) is 3.46. The van der Waals surface area contributed by atoms with E-state index in [-0.39, 0.29) is 11.3 Å². The summed E-state index contributed by atoms with van der Waals surface area (Å²) in [6.07, 6.45) is 1.13. The first kappa shape index (κ1) is 17.2. The van der Waals surface area contributed by atoms with E-state index < -0.39 is 0 Å². The normalized spacial score (nSPS) is 27.5. The van der Waals surface area contributed by atoms with Crippen LogP contribution in [-0.2, 0) is 14.9 Å². The van der Waals surface area contributed by atoms with Crippen molar-refractivity contribution in [3.05, 3.63) is 34.9 Å². The van der Waals surface area contributed by atoms with Gasteiger partial charge in [-0.05, 0) is 35.4 Å². The quantitative estimate of drug-likeness (QED) is 0.684. The summed E-state index contributed by atoms with van der Waals surface area (Å²) >= 11 is 0. The van der Waals surface area contributed by atoms with E-state index in [0.717, 1.165) is 6.29 Å². The number of carbonyl (C=O) groups excluding carboxylic acids is 1. The standard InChI is InChI=1S/C20H30O2/c1-7-22-12-19-18(11-21)20(19,6)17-9-15(13(2)3)8-16(10-17)14(4)5/h8-11,13-14,18-19H,7,12H2,1-6H3/t18-,19-,20-/m1/s1. The lowest BCUT2D eigenvalue weighted by Gasteiger charge is -2.19. The molecular weight excluding hydrogens is 272 g/mol. The van der Waals surface area contributed by atoms with Crippen LogP contribution < -0.4 is 0 Å². The van der Waals surface area contributed by atoms with E-state index in [4.69, 9.17) is 4.74 Å². The molecule has 2 nitrogen and oxygen atoms in total. The molecule has 2 rings (SSSR count). The Labute approximate surface area is 135 Å². The highest BCUT2D eigenvalue weighted by Crippen LogP contribution is 2.59. The number of rotatable bonds is 7. The van der Waals surface area contributed by atoms with Crippen LogP contribution in [0.4, 0.5) is 0 Å². The summed E-state index contributed by atoms with van der Waals surface area (Å²) < 4.78 is 5.60. The minimum absolute atomic E-state index is 0.0640. The van der Waals surface area contributed by atoms with Crippen molar-refractivity contribution in [1.29, 1.82) is 0 Å². The monoisotopic (exact) mass is 302 g/mol. The molecule has 0 aliphatic heterocycles. The highest BCUT2D eigenvalue weighted by atomic mass is 16.5. The van der Waals surface area contributed by atoms with Crippen LogP contribution in [0.3, 0.4) is 0 Å². The van der Waals surface area contributed by atoms with Gasteiger partial charge in [-0.2, -0.15) is 0 Å². The molecule has 122 valence electrons. The van der Waals surface area contributed by atoms with Gasteiger partial charge in [0.15, 0.2) is 0 Å². The molecule has 2 heteroatoms. The van der Waals surface area contributed by atoms with Crippen LogP contribution in [0.15, 0.2) is 18.2 Å². The smallest absolute Gasteiger partial charge is 0.124 e. The van der Waals surface area contributed by atoms with Crippen molar-refractivity contribution >= 4 is 6.29 Å². The fourth-order valence-corrected chi connectivity index (χ4v) is 3.46. The summed E-state index contributed by atoms with van der Waals surface area (Å²) in [6.45, 7) is 14.5. The Kier molecular flexibility index (Phi) is 5.11. The van der Waals surface area contributed by atoms with E-state index in [1.54, 1.807) is 0 Å². The molecule has 0 unspecified atom stereocenters. The number of carbonyl (C=O) groups is 1. The fraction of sp³-hybridized carbons (Fsp3) is 0.650. The summed E-state index contributed by atoms with van der Waals surface area (Å²) in [4.78, 5) is 11.5. The number of aldehydes is 1. The molecule has 1 aliphatic carbocycles. The van der Waals surface area contributed by atoms with E-state index in [1.165, 1.54) is 16.7 Å². The Morgan fingerprint density at radius 1 is 1.14 bits per heavy atom. The van der Waals surface area contributed by atoms with Gasteiger partial charge in [-0.15, -0.1) is 0 Å². The van der Waals surface area contributed by atoms with Gasteiger partial charge in [0, 0.05) is 23.9 Å². The maximum atomic E-state index is 11.5. The molecule has 1 aromatic rings. The van der Waals surface area contributed by atoms with Gasteiger partial charge in [-0.1, -0.05) is 52.8 Å². The zero-order valence-corrected chi connectivity index (χ0v) is 14.8. The summed E-state index contributed by atoms with van der Waals surface area (Å²) in [5.41, 5.74) is 3.98. The third kappa shape index (κ3) is 2.99. The van der Waals surface area contributed by atoms with E-state index in [0.29, 0.717) is 31.0 Å². The zero-order chi connectivity index (χ0) is 16.5. The molecule has 1 aromatic carbocycles. The van der Waals surface area contributed by atoms with Gasteiger partial charge in [0.25, 0.3) is 0 Å². The second-order valence-corrected chi connectivity index (χ2v) is 7.41. The minimum atomic E-state index is -0.0640. The van der Waals surface area contributed by atoms with Crippen molar-refractivity contribution in [2.75, 3.05) is 13.2 Å². The molecule has 1 fully saturated rings. The molecule has 0 N–H and O–H groups in total. The minimum Gasteiger partial charge on any atom is -0.381 e. The Balaban J connectivity index is 2.40. The Morgan fingerprint density at radius 3 is 2.09 bits per heavy atom. The Hall–Kier alpha value is -1.15. The van der Waals surface area contributed by atoms with Crippen LogP contribution in [0.1, 0.15) is 70.1 Å². The molecule has 0 heterocycles. The molecule has 0 spiro atoms. The third-order valence-electron chi connectivity index (χ3n) is 5.37. The summed E-state index contributed by atoms with van der Waals surface area (Å²) in [5.74, 6) is 1.40. The molecule has 1 saturated carbocycles. The number of hydrogen-bond donors (Lipinski definition) is 0. The lowest BCUT2D eigenvalue weighted by molar-refractivity contribution is -0.109. The van der Waals surface area contributed by atoms with Gasteiger partial charge < -0.3 is 9.53 Å². The second kappa shape index (κ2) is 6.54. The van der Waals surface area contributed by atoms with Crippen molar-refractivity contribution in [2.24, 2.45) is 11.8 Å². The highest BCUT2D eigenvalue weighted by Gasteiger charge is 2.62. The van der Waals surface area contributed by atoms with E-state index in [2.05, 4.69) is 52.8 Å². The molecule has 0 amide bonds. The van der Waals surface area contributed by atoms with Crippen molar-refractivity contribution in [2.45, 2.75) is 58.8 Å². The zero-order valence-electron chi connectivity index (χ0n) is 14.8. The van der Waals surface area contributed by atoms with Crippen LogP contribution in [0.2, 0.25) is 0 Å². The maximum Gasteiger partial charge on any atom is 0.124 e. The van der Waals surface area contributed by atoms with Crippen molar-refractivity contribution in [3.63, 3.8) is 0 Å². The Morgan fingerprint density at radius 2 is 1.68 bits per heavy atom. The second-order valence-electron chi connectivity index (χ2n) is 7.41. The predicted molar refractivity (Wildman–Crippen MR) is 91.5 cm³/mol. The average Bonchev–Trinajstić information content (AvgIpc) is 3.09. The summed E-state index contributed by atoms with van der Waals surface area (Å²) in [5, 5.41) is 0. The first-order chi connectivity index (χ1) is 10.4. The van der Waals surface area contributed by atoms with Crippen molar-refractivity contribution in [1.82, 2.24) is 0 Å². The van der Waals surface area contributed by atoms with Gasteiger partial charge in [0.2, 0.25) is 0 Å². The van der Waals surface area contributed by atoms with Gasteiger partial charge in [0.1, 0.15) is 6.29 Å². The van der Waals surface area contributed by atoms with E-state index >= 15 is 0 Å². The van der Waals surface area contributed by atoms with Crippen LogP contribution in [0.5, 0.6) is 0 Å². The molecule has 0 bridgehead atoms. The lowest BCUT2D eigenvalue weighted by Crippen LogP contribution is -2.11. The molecule has 0 saturated heterocycles. The van der Waals surface area contributed by atoms with Crippen molar-refractivity contribution in [3.8, 4) is 0 Å². The van der Waals surface area contributed by atoms with Gasteiger partial charge in [-0.3, -0.25) is 0 Å². The maximum absolute atomic E-state index is 11.5. The van der Waals surface area contributed by atoms with Crippen molar-refractivity contribution < 1.29 is 9.53 Å². The summed E-state index contributed by atoms with van der Waals surface area (Å²) in [6, 6.07) is 6.93. The molecule has 3 atom stereocenters. The van der Waals surface area contributed by atoms with E-state index in [1.807, 2.05) is 6.92 Å². The van der Waals surface area contributed by atoms with Crippen LogP contribution in [0.25, 0.3) is 0 Å². The largest absolute Gasteiger partial charge is 0.381 e. The number of hydrogen-bond acceptors (Lipinski definition) is 2. The Bertz CT molecular complexity index is 506. The predicted octanol–water partition coefficient (Wildman–Crippen LogP) is 4.67. The van der Waals surface area contributed by atoms with Crippen LogP contribution >= 0.6 is 0 Å². The topological polar surface area (TPSA) is 26.3 Å². The molecule has 0 radical (unpaired) electrons. The molecule has 1 aliphatic rings. The van der Waals surface area contributed by atoms with Gasteiger partial charge >= 0.3 is 0 Å². The highest BCUT2D eigenvalue weighted by molar-refractivity contribution is 5.66. The average molecular weight is 302 g/mol. The first-order valence-corrected chi connectivity index (χ1v) is 8.54. The SMILES string of the molecule is CCOC[C@@H]1[C@@H](C=O)[C@@]1(C)c1cc(C(C)C)cc(C(C)C)c1. The van der Waals surface area contributed by atoms with Crippen LogP contribution in [0, 0.1) is 11.8 Å². The van der Waals surface area contributed by atoms with Gasteiger partial charge in [0.05, 0.1) is 6.61 Å². The third-order valence-corrected chi connectivity index (χ3v) is 5.37. The van der Waals surface area contributed by atoms with E-state index in [9.17, 15) is 4.79 Å².